The third-order valence-corrected chi connectivity index (χ3v) is 4.73. The van der Waals surface area contributed by atoms with Crippen molar-refractivity contribution in [1.82, 2.24) is 15.5 Å². The molecule has 1 atom stereocenters. The number of hydrogen-bond donors (Lipinski definition) is 3. The van der Waals surface area contributed by atoms with Gasteiger partial charge in [0, 0.05) is 26.3 Å². The van der Waals surface area contributed by atoms with Gasteiger partial charge in [-0.05, 0) is 29.7 Å². The molecule has 30 heavy (non-hydrogen) atoms. The molecular formula is C22H27ClN4O3. The van der Waals surface area contributed by atoms with Crippen molar-refractivity contribution in [2.45, 2.75) is 26.4 Å². The molecule has 4 amide bonds. The summed E-state index contributed by atoms with van der Waals surface area (Å²) in [6.07, 6.45) is 0. The predicted molar refractivity (Wildman–Crippen MR) is 119 cm³/mol. The number of benzene rings is 2. The molecule has 1 unspecified atom stereocenters. The van der Waals surface area contributed by atoms with E-state index < -0.39 is 12.1 Å². The average molecular weight is 431 g/mol. The first kappa shape index (κ1) is 23.2. The number of hydrogen-bond acceptors (Lipinski definition) is 3. The molecule has 2 aromatic carbocycles. The molecular weight excluding hydrogens is 404 g/mol. The summed E-state index contributed by atoms with van der Waals surface area (Å²) in [5, 5.41) is 8.51. The normalized spacial score (nSPS) is 11.5. The first-order valence-electron chi connectivity index (χ1n) is 9.59. The number of anilines is 1. The summed E-state index contributed by atoms with van der Waals surface area (Å²) < 4.78 is 0. The highest BCUT2D eigenvalue weighted by Gasteiger charge is 2.25. The largest absolute Gasteiger partial charge is 0.345 e. The Morgan fingerprint density at radius 1 is 1.03 bits per heavy atom. The smallest absolute Gasteiger partial charge is 0.315 e. The maximum Gasteiger partial charge on any atom is 0.315 e. The maximum absolute atomic E-state index is 12.8. The van der Waals surface area contributed by atoms with Crippen LogP contribution in [-0.4, -0.2) is 42.9 Å². The lowest BCUT2D eigenvalue weighted by atomic mass is 10.0. The second kappa shape index (κ2) is 10.6. The van der Waals surface area contributed by atoms with Gasteiger partial charge in [-0.2, -0.15) is 0 Å². The van der Waals surface area contributed by atoms with Gasteiger partial charge >= 0.3 is 6.03 Å². The molecule has 2 aromatic rings. The van der Waals surface area contributed by atoms with Crippen molar-refractivity contribution in [2.75, 3.05) is 19.4 Å². The summed E-state index contributed by atoms with van der Waals surface area (Å²) in [5.74, 6) is -0.803. The van der Waals surface area contributed by atoms with Crippen molar-refractivity contribution >= 4 is 35.1 Å². The van der Waals surface area contributed by atoms with Crippen LogP contribution in [0, 0.1) is 5.92 Å². The van der Waals surface area contributed by atoms with Crippen LogP contribution in [0.2, 0.25) is 5.02 Å². The molecule has 0 aliphatic carbocycles. The molecule has 0 aliphatic rings. The summed E-state index contributed by atoms with van der Waals surface area (Å²) in [6, 6.07) is 13.0. The number of nitrogens with one attached hydrogen (secondary N) is 3. The summed E-state index contributed by atoms with van der Waals surface area (Å²) in [7, 11) is 3.24. The van der Waals surface area contributed by atoms with Crippen molar-refractivity contribution in [3.8, 4) is 0 Å². The number of amides is 4. The minimum Gasteiger partial charge on any atom is -0.345 e. The molecule has 0 aliphatic heterocycles. The molecule has 0 saturated heterocycles. The Balaban J connectivity index is 2.04. The van der Waals surface area contributed by atoms with Gasteiger partial charge < -0.3 is 20.9 Å². The van der Waals surface area contributed by atoms with E-state index in [0.717, 1.165) is 5.56 Å². The molecule has 0 fully saturated rings. The zero-order chi connectivity index (χ0) is 22.3. The first-order chi connectivity index (χ1) is 14.2. The van der Waals surface area contributed by atoms with Crippen LogP contribution >= 0.6 is 11.6 Å². The Kier molecular flexibility index (Phi) is 8.24. The van der Waals surface area contributed by atoms with E-state index in [9.17, 15) is 14.4 Å². The fraction of sp³-hybridized carbons (Fsp3) is 0.318. The van der Waals surface area contributed by atoms with Gasteiger partial charge in [-0.15, -0.1) is 0 Å². The number of urea groups is 1. The number of nitrogens with zero attached hydrogens (tertiary/aromatic N) is 1. The molecule has 7 nitrogen and oxygen atoms in total. The van der Waals surface area contributed by atoms with Crippen LogP contribution in [0.25, 0.3) is 0 Å². The summed E-state index contributed by atoms with van der Waals surface area (Å²) in [4.78, 5) is 38.7. The van der Waals surface area contributed by atoms with Crippen LogP contribution in [0.5, 0.6) is 0 Å². The number of carbonyl (C=O) groups is 3. The zero-order valence-electron chi connectivity index (χ0n) is 17.5. The summed E-state index contributed by atoms with van der Waals surface area (Å²) in [6.45, 7) is 4.03. The van der Waals surface area contributed by atoms with Crippen LogP contribution in [0.3, 0.4) is 0 Å². The zero-order valence-corrected chi connectivity index (χ0v) is 18.3. The topological polar surface area (TPSA) is 90.5 Å². The van der Waals surface area contributed by atoms with E-state index in [0.29, 0.717) is 17.3 Å². The van der Waals surface area contributed by atoms with Crippen molar-refractivity contribution < 1.29 is 14.4 Å². The molecule has 2 rings (SSSR count). The fourth-order valence-electron chi connectivity index (χ4n) is 2.73. The van der Waals surface area contributed by atoms with Gasteiger partial charge in [0.15, 0.2) is 0 Å². The SMILES string of the molecule is CC(C)C(NC(=O)NCc1ccccc1)C(=O)Nc1ccc(Cl)c(C(=O)N(C)C)c1. The predicted octanol–water partition coefficient (Wildman–Crippen LogP) is 3.50. The lowest BCUT2D eigenvalue weighted by Gasteiger charge is -2.22. The van der Waals surface area contributed by atoms with E-state index in [1.165, 1.54) is 11.0 Å². The number of carbonyl (C=O) groups excluding carboxylic acids is 3. The minimum absolute atomic E-state index is 0.150. The second-order valence-electron chi connectivity index (χ2n) is 7.42. The highest BCUT2D eigenvalue weighted by atomic mass is 35.5. The molecule has 0 saturated carbocycles. The quantitative estimate of drug-likeness (QED) is 0.627. The molecule has 160 valence electrons. The van der Waals surface area contributed by atoms with Gasteiger partial charge in [-0.25, -0.2) is 4.79 Å². The number of rotatable bonds is 7. The molecule has 8 heteroatoms. The maximum atomic E-state index is 12.8. The van der Waals surface area contributed by atoms with Crippen LogP contribution in [-0.2, 0) is 11.3 Å². The molecule has 0 radical (unpaired) electrons. The summed E-state index contributed by atoms with van der Waals surface area (Å²) >= 11 is 6.11. The fourth-order valence-corrected chi connectivity index (χ4v) is 2.93. The van der Waals surface area contributed by atoms with E-state index in [1.807, 2.05) is 44.2 Å². The van der Waals surface area contributed by atoms with Gasteiger partial charge in [-0.3, -0.25) is 9.59 Å². The number of halogens is 1. The van der Waals surface area contributed by atoms with E-state index in [2.05, 4.69) is 16.0 Å². The standard InChI is InChI=1S/C22H27ClN4O3/c1-14(2)19(26-22(30)24-13-15-8-6-5-7-9-15)20(28)25-16-10-11-18(23)17(12-16)21(29)27(3)4/h5-12,14,19H,13H2,1-4H3,(H,25,28)(H2,24,26,30). The van der Waals surface area contributed by atoms with E-state index >= 15 is 0 Å². The van der Waals surface area contributed by atoms with Gasteiger partial charge in [0.25, 0.3) is 5.91 Å². The van der Waals surface area contributed by atoms with E-state index in [-0.39, 0.29) is 23.3 Å². The van der Waals surface area contributed by atoms with Crippen molar-refractivity contribution in [3.63, 3.8) is 0 Å². The van der Waals surface area contributed by atoms with Gasteiger partial charge in [-0.1, -0.05) is 55.8 Å². The lowest BCUT2D eigenvalue weighted by molar-refractivity contribution is -0.118. The average Bonchev–Trinajstić information content (AvgIpc) is 2.71. The van der Waals surface area contributed by atoms with Crippen molar-refractivity contribution in [3.05, 3.63) is 64.7 Å². The Morgan fingerprint density at radius 2 is 1.70 bits per heavy atom. The lowest BCUT2D eigenvalue weighted by Crippen LogP contribution is -2.50. The van der Waals surface area contributed by atoms with Crippen LogP contribution in [0.1, 0.15) is 29.8 Å². The Labute approximate surface area is 181 Å². The van der Waals surface area contributed by atoms with Crippen molar-refractivity contribution in [1.29, 1.82) is 0 Å². The Hall–Kier alpha value is -3.06. The van der Waals surface area contributed by atoms with Crippen LogP contribution in [0.15, 0.2) is 48.5 Å². The van der Waals surface area contributed by atoms with Crippen LogP contribution < -0.4 is 16.0 Å². The van der Waals surface area contributed by atoms with Gasteiger partial charge in [0.1, 0.15) is 6.04 Å². The third-order valence-electron chi connectivity index (χ3n) is 4.40. The van der Waals surface area contributed by atoms with E-state index in [1.54, 1.807) is 26.2 Å². The molecule has 0 bridgehead atoms. The second-order valence-corrected chi connectivity index (χ2v) is 7.82. The van der Waals surface area contributed by atoms with Gasteiger partial charge in [0.05, 0.1) is 10.6 Å². The van der Waals surface area contributed by atoms with Crippen molar-refractivity contribution in [2.24, 2.45) is 5.92 Å². The highest BCUT2D eigenvalue weighted by molar-refractivity contribution is 6.34. The molecule has 0 spiro atoms. The molecule has 0 heterocycles. The Bertz CT molecular complexity index is 901. The first-order valence-corrected chi connectivity index (χ1v) is 9.97. The molecule has 0 aromatic heterocycles. The highest BCUT2D eigenvalue weighted by Crippen LogP contribution is 2.22. The van der Waals surface area contributed by atoms with Gasteiger partial charge in [0.2, 0.25) is 5.91 Å². The Morgan fingerprint density at radius 3 is 2.30 bits per heavy atom. The minimum atomic E-state index is -0.760. The molecule has 3 N–H and O–H groups in total. The van der Waals surface area contributed by atoms with E-state index in [4.69, 9.17) is 11.6 Å². The third kappa shape index (κ3) is 6.49. The summed E-state index contributed by atoms with van der Waals surface area (Å²) in [5.41, 5.74) is 1.67. The van der Waals surface area contributed by atoms with Crippen LogP contribution in [0.4, 0.5) is 10.5 Å². The monoisotopic (exact) mass is 430 g/mol.